The second kappa shape index (κ2) is 2.84. The predicted octanol–water partition coefficient (Wildman–Crippen LogP) is 2.46. The zero-order chi connectivity index (χ0) is 9.16. The van der Waals surface area contributed by atoms with Gasteiger partial charge in [0.1, 0.15) is 0 Å². The number of halogens is 1. The summed E-state index contributed by atoms with van der Waals surface area (Å²) in [5.41, 5.74) is 0. The standard InChI is InChI=1S/C11H17IO/c1-5-2-6-3-7(5)10-8(6)4-9(12)11(10)13/h5-11,13H,2-4H2,1H3. The van der Waals surface area contributed by atoms with Gasteiger partial charge < -0.3 is 5.11 Å². The van der Waals surface area contributed by atoms with Gasteiger partial charge in [-0.3, -0.25) is 0 Å². The molecule has 0 aromatic heterocycles. The van der Waals surface area contributed by atoms with Crippen LogP contribution < -0.4 is 0 Å². The average molecular weight is 292 g/mol. The first-order chi connectivity index (χ1) is 6.18. The molecule has 1 nitrogen and oxygen atoms in total. The second-order valence-electron chi connectivity index (χ2n) is 5.36. The van der Waals surface area contributed by atoms with Gasteiger partial charge in [-0.15, -0.1) is 0 Å². The number of fused-ring (bicyclic) bond motifs is 5. The van der Waals surface area contributed by atoms with Crippen LogP contribution in [0.15, 0.2) is 0 Å². The van der Waals surface area contributed by atoms with Gasteiger partial charge in [0.2, 0.25) is 0 Å². The van der Waals surface area contributed by atoms with E-state index in [1.165, 1.54) is 19.3 Å². The summed E-state index contributed by atoms with van der Waals surface area (Å²) in [6, 6.07) is 0. The maximum absolute atomic E-state index is 10.1. The van der Waals surface area contributed by atoms with Gasteiger partial charge in [-0.25, -0.2) is 0 Å². The Morgan fingerprint density at radius 3 is 2.69 bits per heavy atom. The van der Waals surface area contributed by atoms with Crippen LogP contribution in [0.25, 0.3) is 0 Å². The van der Waals surface area contributed by atoms with Crippen LogP contribution in [-0.4, -0.2) is 15.1 Å². The molecule has 2 bridgehead atoms. The Bertz CT molecular complexity index is 228. The summed E-state index contributed by atoms with van der Waals surface area (Å²) in [4.78, 5) is 0. The summed E-state index contributed by atoms with van der Waals surface area (Å²) in [5.74, 6) is 4.29. The molecule has 1 N–H and O–H groups in total. The molecule has 0 aliphatic heterocycles. The minimum atomic E-state index is 0.0170. The Morgan fingerprint density at radius 2 is 1.92 bits per heavy atom. The Kier molecular flexibility index (Phi) is 1.96. The highest BCUT2D eigenvalue weighted by Crippen LogP contribution is 2.61. The molecular weight excluding hydrogens is 275 g/mol. The summed E-state index contributed by atoms with van der Waals surface area (Å²) < 4.78 is 0.545. The number of aliphatic hydroxyl groups is 1. The van der Waals surface area contributed by atoms with Gasteiger partial charge in [0.05, 0.1) is 6.10 Å². The van der Waals surface area contributed by atoms with Crippen molar-refractivity contribution in [1.82, 2.24) is 0 Å². The molecule has 0 radical (unpaired) electrons. The van der Waals surface area contributed by atoms with Crippen molar-refractivity contribution in [1.29, 1.82) is 0 Å². The van der Waals surface area contributed by atoms with Gasteiger partial charge >= 0.3 is 0 Å². The molecule has 3 fully saturated rings. The van der Waals surface area contributed by atoms with Crippen molar-refractivity contribution in [3.8, 4) is 0 Å². The first kappa shape index (κ1) is 8.96. The lowest BCUT2D eigenvalue weighted by Crippen LogP contribution is -2.31. The average Bonchev–Trinajstić information content (AvgIpc) is 2.66. The van der Waals surface area contributed by atoms with Gasteiger partial charge in [-0.05, 0) is 48.9 Å². The molecule has 0 aromatic carbocycles. The van der Waals surface area contributed by atoms with E-state index >= 15 is 0 Å². The van der Waals surface area contributed by atoms with Crippen LogP contribution in [0.1, 0.15) is 26.2 Å². The molecule has 0 saturated heterocycles. The van der Waals surface area contributed by atoms with E-state index in [9.17, 15) is 5.11 Å². The summed E-state index contributed by atoms with van der Waals surface area (Å²) in [6.45, 7) is 2.38. The SMILES string of the molecule is CC1CC2CC1C1C(O)C(I)CC21. The first-order valence-electron chi connectivity index (χ1n) is 5.50. The second-order valence-corrected chi connectivity index (χ2v) is 6.96. The molecule has 0 amide bonds. The Morgan fingerprint density at radius 1 is 1.15 bits per heavy atom. The number of hydrogen-bond acceptors (Lipinski definition) is 1. The summed E-state index contributed by atoms with van der Waals surface area (Å²) in [7, 11) is 0. The Hall–Kier alpha value is 0.690. The van der Waals surface area contributed by atoms with E-state index in [-0.39, 0.29) is 6.10 Å². The maximum atomic E-state index is 10.1. The van der Waals surface area contributed by atoms with Crippen molar-refractivity contribution in [2.75, 3.05) is 0 Å². The molecule has 0 heterocycles. The fraction of sp³-hybridized carbons (Fsp3) is 1.00. The van der Waals surface area contributed by atoms with E-state index in [0.29, 0.717) is 9.84 Å². The topological polar surface area (TPSA) is 20.2 Å². The van der Waals surface area contributed by atoms with Crippen molar-refractivity contribution in [3.05, 3.63) is 0 Å². The van der Waals surface area contributed by atoms with E-state index in [1.807, 2.05) is 0 Å². The maximum Gasteiger partial charge on any atom is 0.0691 e. The third kappa shape index (κ3) is 1.08. The van der Waals surface area contributed by atoms with Gasteiger partial charge in [-0.2, -0.15) is 0 Å². The van der Waals surface area contributed by atoms with Crippen LogP contribution in [0.4, 0.5) is 0 Å². The van der Waals surface area contributed by atoms with Crippen molar-refractivity contribution in [2.24, 2.45) is 29.6 Å². The Balaban J connectivity index is 1.90. The number of rotatable bonds is 0. The van der Waals surface area contributed by atoms with Crippen LogP contribution in [-0.2, 0) is 0 Å². The van der Waals surface area contributed by atoms with Crippen LogP contribution in [0.5, 0.6) is 0 Å². The Labute approximate surface area is 93.4 Å². The molecule has 0 spiro atoms. The highest BCUT2D eigenvalue weighted by molar-refractivity contribution is 14.1. The third-order valence-electron chi connectivity index (χ3n) is 4.84. The largest absolute Gasteiger partial charge is 0.392 e. The van der Waals surface area contributed by atoms with Crippen molar-refractivity contribution in [2.45, 2.75) is 36.2 Å². The molecule has 0 aromatic rings. The van der Waals surface area contributed by atoms with Crippen molar-refractivity contribution in [3.63, 3.8) is 0 Å². The molecular formula is C11H17IO. The van der Waals surface area contributed by atoms with E-state index < -0.39 is 0 Å². The van der Waals surface area contributed by atoms with Gasteiger partial charge in [0, 0.05) is 3.92 Å². The van der Waals surface area contributed by atoms with E-state index in [1.54, 1.807) is 0 Å². The zero-order valence-corrected chi connectivity index (χ0v) is 10.1. The molecule has 3 aliphatic rings. The molecule has 3 aliphatic carbocycles. The lowest BCUT2D eigenvalue weighted by molar-refractivity contribution is 0.0714. The molecule has 3 saturated carbocycles. The van der Waals surface area contributed by atoms with Gasteiger partial charge in [0.15, 0.2) is 0 Å². The molecule has 13 heavy (non-hydrogen) atoms. The smallest absolute Gasteiger partial charge is 0.0691 e. The highest BCUT2D eigenvalue weighted by atomic mass is 127. The lowest BCUT2D eigenvalue weighted by Gasteiger charge is -2.30. The number of hydrogen-bond donors (Lipinski definition) is 1. The van der Waals surface area contributed by atoms with Gasteiger partial charge in [-0.1, -0.05) is 29.5 Å². The molecule has 74 valence electrons. The predicted molar refractivity (Wildman–Crippen MR) is 60.8 cm³/mol. The van der Waals surface area contributed by atoms with Crippen LogP contribution >= 0.6 is 22.6 Å². The minimum Gasteiger partial charge on any atom is -0.392 e. The summed E-state index contributed by atoms with van der Waals surface area (Å²) in [6.07, 6.45) is 4.18. The summed E-state index contributed by atoms with van der Waals surface area (Å²) >= 11 is 2.45. The minimum absolute atomic E-state index is 0.0170. The zero-order valence-electron chi connectivity index (χ0n) is 7.99. The number of alkyl halides is 1. The van der Waals surface area contributed by atoms with Crippen LogP contribution in [0.2, 0.25) is 0 Å². The first-order valence-corrected chi connectivity index (χ1v) is 6.75. The van der Waals surface area contributed by atoms with Crippen LogP contribution in [0, 0.1) is 29.6 Å². The quantitative estimate of drug-likeness (QED) is 0.537. The number of aliphatic hydroxyl groups excluding tert-OH is 1. The van der Waals surface area contributed by atoms with E-state index in [4.69, 9.17) is 0 Å². The fourth-order valence-corrected chi connectivity index (χ4v) is 5.41. The molecule has 7 unspecified atom stereocenters. The normalized spacial score (nSPS) is 64.4. The molecule has 7 atom stereocenters. The van der Waals surface area contributed by atoms with Gasteiger partial charge in [0.25, 0.3) is 0 Å². The van der Waals surface area contributed by atoms with Crippen molar-refractivity contribution < 1.29 is 5.11 Å². The lowest BCUT2D eigenvalue weighted by atomic mass is 9.76. The highest BCUT2D eigenvalue weighted by Gasteiger charge is 2.58. The molecule has 2 heteroatoms. The van der Waals surface area contributed by atoms with Crippen molar-refractivity contribution >= 4 is 22.6 Å². The van der Waals surface area contributed by atoms with Crippen LogP contribution in [0.3, 0.4) is 0 Å². The fourth-order valence-electron chi connectivity index (χ4n) is 4.34. The molecule has 3 rings (SSSR count). The third-order valence-corrected chi connectivity index (χ3v) is 6.08. The monoisotopic (exact) mass is 292 g/mol. The van der Waals surface area contributed by atoms with E-state index in [2.05, 4.69) is 29.5 Å². The van der Waals surface area contributed by atoms with E-state index in [0.717, 1.165) is 23.7 Å². The summed E-state index contributed by atoms with van der Waals surface area (Å²) in [5, 5.41) is 10.1.